The summed E-state index contributed by atoms with van der Waals surface area (Å²) in [6.07, 6.45) is 1.66. The number of benzene rings is 1. The minimum Gasteiger partial charge on any atom is -0.495 e. The third-order valence-electron chi connectivity index (χ3n) is 4.06. The van der Waals surface area contributed by atoms with Crippen molar-refractivity contribution in [2.45, 2.75) is 18.7 Å². The molecule has 1 amide bonds. The zero-order valence-electron chi connectivity index (χ0n) is 17.0. The first-order valence-electron chi connectivity index (χ1n) is 8.76. The highest BCUT2D eigenvalue weighted by Crippen LogP contribution is 2.35. The van der Waals surface area contributed by atoms with Gasteiger partial charge in [0.15, 0.2) is 20.7 Å². The highest BCUT2D eigenvalue weighted by molar-refractivity contribution is 7.90. The molecule has 2 aromatic heterocycles. The van der Waals surface area contributed by atoms with Crippen molar-refractivity contribution in [3.63, 3.8) is 0 Å². The molecule has 0 bridgehead atoms. The molecule has 0 saturated carbocycles. The summed E-state index contributed by atoms with van der Waals surface area (Å²) in [4.78, 5) is 18.4. The lowest BCUT2D eigenvalue weighted by molar-refractivity contribution is 0.191. The first kappa shape index (κ1) is 22.9. The van der Waals surface area contributed by atoms with Crippen molar-refractivity contribution in [2.24, 2.45) is 0 Å². The number of halogens is 2. The molecule has 164 valence electrons. The lowest BCUT2D eigenvalue weighted by Crippen LogP contribution is -2.28. The lowest BCUT2D eigenvalue weighted by atomic mass is 10.2. The van der Waals surface area contributed by atoms with Gasteiger partial charge >= 0.3 is 6.09 Å². The van der Waals surface area contributed by atoms with Gasteiger partial charge in [-0.25, -0.2) is 22.6 Å². The molecular formula is C19H18Cl2N4O5S. The molecule has 12 heteroatoms. The van der Waals surface area contributed by atoms with Gasteiger partial charge in [-0.15, -0.1) is 5.10 Å². The molecule has 0 aliphatic heterocycles. The smallest absolute Gasteiger partial charge is 0.427 e. The van der Waals surface area contributed by atoms with Crippen molar-refractivity contribution in [3.8, 4) is 5.75 Å². The van der Waals surface area contributed by atoms with Gasteiger partial charge in [0.1, 0.15) is 5.75 Å². The Bertz CT molecular complexity index is 1300. The van der Waals surface area contributed by atoms with Crippen LogP contribution < -0.4 is 9.64 Å². The second-order valence-corrected chi connectivity index (χ2v) is 9.44. The van der Waals surface area contributed by atoms with E-state index < -0.39 is 15.9 Å². The van der Waals surface area contributed by atoms with Gasteiger partial charge in [0.05, 0.1) is 22.7 Å². The number of hydrogen-bond donors (Lipinski definition) is 0. The van der Waals surface area contributed by atoms with Crippen LogP contribution in [0.4, 0.5) is 16.4 Å². The number of methoxy groups -OCH3 is 1. The van der Waals surface area contributed by atoms with Crippen LogP contribution in [-0.2, 0) is 14.6 Å². The van der Waals surface area contributed by atoms with Crippen LogP contribution in [0, 0.1) is 0 Å². The fraction of sp³-hybridized carbons (Fsp3) is 0.211. The molecule has 0 aliphatic rings. The van der Waals surface area contributed by atoms with Crippen molar-refractivity contribution in [3.05, 3.63) is 52.3 Å². The summed E-state index contributed by atoms with van der Waals surface area (Å²) in [6.45, 7) is 3.35. The predicted octanol–water partition coefficient (Wildman–Crippen LogP) is 4.56. The van der Waals surface area contributed by atoms with E-state index in [1.807, 2.05) is 0 Å². The molecule has 0 fully saturated rings. The highest BCUT2D eigenvalue weighted by Gasteiger charge is 2.29. The first-order chi connectivity index (χ1) is 14.5. The number of carbonyl (C=O) groups excluding carboxylic acids is 1. The molecule has 0 saturated heterocycles. The molecule has 3 rings (SSSR count). The third kappa shape index (κ3) is 4.92. The topological polar surface area (TPSA) is 103 Å². The third-order valence-corrected chi connectivity index (χ3v) is 5.85. The van der Waals surface area contributed by atoms with Gasteiger partial charge in [0.2, 0.25) is 0 Å². The number of allylic oxidation sites excluding steroid dienone is 1. The summed E-state index contributed by atoms with van der Waals surface area (Å²) in [5.74, 6) is 0.0287. The van der Waals surface area contributed by atoms with Gasteiger partial charge < -0.3 is 9.47 Å². The van der Waals surface area contributed by atoms with Crippen LogP contribution in [-0.4, -0.2) is 42.5 Å². The van der Waals surface area contributed by atoms with E-state index in [1.165, 1.54) is 36.0 Å². The van der Waals surface area contributed by atoms with Gasteiger partial charge in [-0.1, -0.05) is 11.6 Å². The maximum absolute atomic E-state index is 13.0. The largest absolute Gasteiger partial charge is 0.495 e. The molecule has 3 aromatic rings. The fourth-order valence-electron chi connectivity index (χ4n) is 2.53. The van der Waals surface area contributed by atoms with E-state index in [0.717, 1.165) is 11.2 Å². The molecule has 31 heavy (non-hydrogen) atoms. The van der Waals surface area contributed by atoms with Crippen molar-refractivity contribution < 1.29 is 22.7 Å². The molecule has 2 heterocycles. The average Bonchev–Trinajstić information content (AvgIpc) is 3.09. The second-order valence-electron chi connectivity index (χ2n) is 6.64. The van der Waals surface area contributed by atoms with Gasteiger partial charge in [0.25, 0.3) is 5.95 Å². The number of fused-ring (bicyclic) bond motifs is 1. The number of hydrogen-bond acceptors (Lipinski definition) is 7. The molecule has 0 spiro atoms. The van der Waals surface area contributed by atoms with Gasteiger partial charge in [0, 0.05) is 18.5 Å². The monoisotopic (exact) mass is 484 g/mol. The van der Waals surface area contributed by atoms with Crippen molar-refractivity contribution in [1.82, 2.24) is 14.6 Å². The van der Waals surface area contributed by atoms with Crippen LogP contribution in [0.5, 0.6) is 5.75 Å². The van der Waals surface area contributed by atoms with E-state index in [1.54, 1.807) is 26.0 Å². The number of amides is 1. The zero-order valence-corrected chi connectivity index (χ0v) is 19.3. The molecule has 0 radical (unpaired) electrons. The molecule has 1 aromatic carbocycles. The molecule has 0 aliphatic carbocycles. The number of carbonyl (C=O) groups is 1. The van der Waals surface area contributed by atoms with Crippen LogP contribution in [0.1, 0.15) is 13.8 Å². The van der Waals surface area contributed by atoms with Crippen LogP contribution in [0.2, 0.25) is 5.02 Å². The SMILES string of the molecule is COc1cc(S(C)(=O)=O)ccc1N(C(=O)OC(Cl)=C(C)C)c1nc2ccc(Cl)cn2n1. The molecular weight excluding hydrogens is 467 g/mol. The Labute approximate surface area is 188 Å². The Hall–Kier alpha value is -2.82. The number of anilines is 2. The predicted molar refractivity (Wildman–Crippen MR) is 117 cm³/mol. The summed E-state index contributed by atoms with van der Waals surface area (Å²) in [6, 6.07) is 7.27. The van der Waals surface area contributed by atoms with Gasteiger partial charge in [-0.05, 0) is 55.3 Å². The second kappa shape index (κ2) is 8.74. The lowest BCUT2D eigenvalue weighted by Gasteiger charge is -2.21. The van der Waals surface area contributed by atoms with E-state index >= 15 is 0 Å². The Balaban J connectivity index is 2.20. The molecule has 0 N–H and O–H groups in total. The van der Waals surface area contributed by atoms with Gasteiger partial charge in [-0.2, -0.15) is 4.98 Å². The maximum Gasteiger partial charge on any atom is 0.427 e. The average molecular weight is 485 g/mol. The minimum atomic E-state index is -3.51. The highest BCUT2D eigenvalue weighted by atomic mass is 35.5. The summed E-state index contributed by atoms with van der Waals surface area (Å²) < 4.78 is 35.8. The quantitative estimate of drug-likeness (QED) is 0.488. The van der Waals surface area contributed by atoms with Crippen LogP contribution >= 0.6 is 23.2 Å². The maximum atomic E-state index is 13.0. The number of sulfone groups is 1. The van der Waals surface area contributed by atoms with E-state index in [2.05, 4.69) is 10.1 Å². The number of aromatic nitrogens is 3. The summed E-state index contributed by atoms with van der Waals surface area (Å²) in [5.41, 5.74) is 1.14. The molecule has 0 unspecified atom stereocenters. The zero-order chi connectivity index (χ0) is 22.9. The van der Waals surface area contributed by atoms with E-state index in [4.69, 9.17) is 32.7 Å². The Morgan fingerprint density at radius 2 is 1.90 bits per heavy atom. The van der Waals surface area contributed by atoms with E-state index in [9.17, 15) is 13.2 Å². The summed E-state index contributed by atoms with van der Waals surface area (Å²) in [7, 11) is -2.17. The van der Waals surface area contributed by atoms with Crippen molar-refractivity contribution in [2.75, 3.05) is 18.3 Å². The Morgan fingerprint density at radius 1 is 1.19 bits per heavy atom. The van der Waals surface area contributed by atoms with Crippen molar-refractivity contribution >= 4 is 56.4 Å². The van der Waals surface area contributed by atoms with Crippen molar-refractivity contribution in [1.29, 1.82) is 0 Å². The molecule has 9 nitrogen and oxygen atoms in total. The number of pyridine rings is 1. The minimum absolute atomic E-state index is 0.0125. The fourth-order valence-corrected chi connectivity index (χ4v) is 3.38. The number of ether oxygens (including phenoxy) is 2. The normalized spacial score (nSPS) is 11.3. The Kier molecular flexibility index (Phi) is 6.44. The van der Waals surface area contributed by atoms with Crippen LogP contribution in [0.25, 0.3) is 5.65 Å². The first-order valence-corrected chi connectivity index (χ1v) is 11.4. The standard InChI is InChI=1S/C19H18Cl2N4O5S/c1-11(2)17(21)30-19(26)25(18-22-16-8-5-12(20)10-24(16)23-18)14-7-6-13(31(4,27)28)9-15(14)29-3/h5-10H,1-4H3. The van der Waals surface area contributed by atoms with Gasteiger partial charge in [-0.3, -0.25) is 0 Å². The molecule has 0 atom stereocenters. The summed E-state index contributed by atoms with van der Waals surface area (Å²) >= 11 is 12.0. The summed E-state index contributed by atoms with van der Waals surface area (Å²) in [5, 5.41) is 4.58. The van der Waals surface area contributed by atoms with Crippen LogP contribution in [0.3, 0.4) is 0 Å². The number of rotatable bonds is 5. The number of nitrogens with zero attached hydrogens (tertiary/aromatic N) is 4. The van der Waals surface area contributed by atoms with E-state index in [0.29, 0.717) is 16.2 Å². The van der Waals surface area contributed by atoms with Crippen LogP contribution in [0.15, 0.2) is 52.2 Å². The van der Waals surface area contributed by atoms with E-state index in [-0.39, 0.29) is 27.5 Å². The Morgan fingerprint density at radius 3 is 2.52 bits per heavy atom.